The molecule has 0 spiro atoms. The van der Waals surface area contributed by atoms with Crippen molar-refractivity contribution in [2.24, 2.45) is 0 Å². The second-order valence-electron chi connectivity index (χ2n) is 7.86. The Balaban J connectivity index is 1.46. The molecule has 0 saturated heterocycles. The number of carbonyl (C=O) groups is 1. The molecule has 0 radical (unpaired) electrons. The molecule has 0 saturated carbocycles. The highest BCUT2D eigenvalue weighted by atomic mass is 32.1. The maximum absolute atomic E-state index is 14.4. The summed E-state index contributed by atoms with van der Waals surface area (Å²) < 4.78 is 55.6. The molecule has 0 bridgehead atoms. The van der Waals surface area contributed by atoms with Crippen LogP contribution in [0.1, 0.15) is 18.0 Å². The van der Waals surface area contributed by atoms with E-state index in [0.717, 1.165) is 16.0 Å². The minimum atomic E-state index is -4.65. The lowest BCUT2D eigenvalue weighted by Crippen LogP contribution is -2.42. The van der Waals surface area contributed by atoms with Crippen molar-refractivity contribution in [1.82, 2.24) is 20.0 Å². The van der Waals surface area contributed by atoms with Crippen LogP contribution < -0.4 is 4.90 Å². The Morgan fingerprint density at radius 3 is 2.76 bits per heavy atom. The molecule has 1 atom stereocenters. The van der Waals surface area contributed by atoms with Gasteiger partial charge in [0.25, 0.3) is 5.91 Å². The van der Waals surface area contributed by atoms with Crippen molar-refractivity contribution in [3.8, 4) is 21.7 Å². The summed E-state index contributed by atoms with van der Waals surface area (Å²) in [6, 6.07) is 8.43. The lowest BCUT2D eigenvalue weighted by Gasteiger charge is -2.26. The summed E-state index contributed by atoms with van der Waals surface area (Å²) in [4.78, 5) is 18.7. The number of aromatic nitrogens is 4. The third-order valence-electron chi connectivity index (χ3n) is 5.62. The quantitative estimate of drug-likeness (QED) is 0.367. The van der Waals surface area contributed by atoms with E-state index in [2.05, 4.69) is 15.3 Å². The Bertz CT molecular complexity index is 1330. The number of nitrogens with zero attached hydrogens (tertiary/aromatic N) is 5. The summed E-state index contributed by atoms with van der Waals surface area (Å²) in [6.45, 7) is -1.51. The first-order valence-corrected chi connectivity index (χ1v) is 11.2. The number of carbonyl (C=O) groups excluding carboxylic acids is 1. The normalized spacial score (nSPS) is 16.4. The molecule has 1 unspecified atom stereocenters. The molecule has 3 aromatic heterocycles. The Morgan fingerprint density at radius 2 is 2.00 bits per heavy atom. The molecule has 1 aromatic carbocycles. The number of benzene rings is 1. The molecule has 1 aliphatic heterocycles. The Kier molecular flexibility index (Phi) is 5.64. The van der Waals surface area contributed by atoms with Crippen LogP contribution in [0.3, 0.4) is 0 Å². The smallest absolute Gasteiger partial charge is 0.301 e. The predicted octanol–water partition coefficient (Wildman–Crippen LogP) is 5.29. The molecule has 174 valence electrons. The van der Waals surface area contributed by atoms with E-state index in [9.17, 15) is 22.4 Å². The van der Waals surface area contributed by atoms with Gasteiger partial charge in [-0.25, -0.2) is 9.07 Å². The lowest BCUT2D eigenvalue weighted by atomic mass is 10.1. The zero-order chi connectivity index (χ0) is 23.9. The van der Waals surface area contributed by atoms with Gasteiger partial charge >= 0.3 is 6.18 Å². The van der Waals surface area contributed by atoms with Crippen LogP contribution in [0.25, 0.3) is 21.7 Å². The van der Waals surface area contributed by atoms with Crippen molar-refractivity contribution >= 4 is 22.9 Å². The summed E-state index contributed by atoms with van der Waals surface area (Å²) in [6.07, 6.45) is 0.486. The van der Waals surface area contributed by atoms with E-state index in [0.29, 0.717) is 10.6 Å². The summed E-state index contributed by atoms with van der Waals surface area (Å²) in [5, 5.41) is 10.1. The standard InChI is InChI=1S/C23H17F4N5OS/c24-17-4-1-5-19-16(17)6-7-20(22(33)31(19)13-23(25,26)27)32-11-18(29-30-32)21-9-15(12-34-21)14-3-2-8-28-10-14/h1-5,8-12,20H,6-7,13H2. The highest BCUT2D eigenvalue weighted by Crippen LogP contribution is 2.36. The fourth-order valence-electron chi connectivity index (χ4n) is 4.04. The van der Waals surface area contributed by atoms with Crippen LogP contribution in [0.2, 0.25) is 0 Å². The zero-order valence-corrected chi connectivity index (χ0v) is 18.4. The fourth-order valence-corrected chi connectivity index (χ4v) is 4.90. The molecule has 1 aliphatic rings. The summed E-state index contributed by atoms with van der Waals surface area (Å²) in [5.74, 6) is -1.45. The minimum absolute atomic E-state index is 0.0652. The van der Waals surface area contributed by atoms with Gasteiger partial charge in [0.15, 0.2) is 0 Å². The van der Waals surface area contributed by atoms with E-state index < -0.39 is 30.5 Å². The van der Waals surface area contributed by atoms with Gasteiger partial charge in [-0.15, -0.1) is 16.4 Å². The Hall–Kier alpha value is -3.60. The number of hydrogen-bond donors (Lipinski definition) is 0. The second kappa shape index (κ2) is 8.64. The van der Waals surface area contributed by atoms with Gasteiger partial charge in [-0.1, -0.05) is 17.3 Å². The van der Waals surface area contributed by atoms with Gasteiger partial charge in [-0.3, -0.25) is 9.78 Å². The van der Waals surface area contributed by atoms with E-state index in [-0.39, 0.29) is 24.1 Å². The number of rotatable bonds is 4. The molecule has 0 N–H and O–H groups in total. The van der Waals surface area contributed by atoms with Crippen LogP contribution >= 0.6 is 11.3 Å². The van der Waals surface area contributed by atoms with Crippen LogP contribution in [-0.2, 0) is 11.2 Å². The average Bonchev–Trinajstić information content (AvgIpc) is 3.46. The predicted molar refractivity (Wildman–Crippen MR) is 119 cm³/mol. The highest BCUT2D eigenvalue weighted by molar-refractivity contribution is 7.14. The van der Waals surface area contributed by atoms with Crippen molar-refractivity contribution in [1.29, 1.82) is 0 Å². The molecular formula is C23H17F4N5OS. The molecule has 0 fully saturated rings. The van der Waals surface area contributed by atoms with Gasteiger partial charge in [0.1, 0.15) is 24.1 Å². The van der Waals surface area contributed by atoms with E-state index in [1.807, 2.05) is 23.6 Å². The molecule has 4 heterocycles. The van der Waals surface area contributed by atoms with Gasteiger partial charge in [-0.05, 0) is 48.1 Å². The number of hydrogen-bond acceptors (Lipinski definition) is 5. The largest absolute Gasteiger partial charge is 0.406 e. The third kappa shape index (κ3) is 4.30. The van der Waals surface area contributed by atoms with Crippen molar-refractivity contribution in [3.05, 3.63) is 71.7 Å². The van der Waals surface area contributed by atoms with Gasteiger partial charge in [0, 0.05) is 23.5 Å². The highest BCUT2D eigenvalue weighted by Gasteiger charge is 2.40. The van der Waals surface area contributed by atoms with Crippen molar-refractivity contribution < 1.29 is 22.4 Å². The van der Waals surface area contributed by atoms with Crippen LogP contribution in [0, 0.1) is 5.82 Å². The molecule has 34 heavy (non-hydrogen) atoms. The third-order valence-corrected chi connectivity index (χ3v) is 6.57. The average molecular weight is 487 g/mol. The number of alkyl halides is 3. The fraction of sp³-hybridized carbons (Fsp3) is 0.217. The SMILES string of the molecule is O=C1C(n2cc(-c3cc(-c4cccnc4)cs3)nn2)CCc2c(F)cccc2N1CC(F)(F)F. The molecular weight excluding hydrogens is 470 g/mol. The van der Waals surface area contributed by atoms with Gasteiger partial charge in [0.05, 0.1) is 16.8 Å². The first-order chi connectivity index (χ1) is 16.3. The zero-order valence-electron chi connectivity index (χ0n) is 17.5. The van der Waals surface area contributed by atoms with Gasteiger partial charge < -0.3 is 4.90 Å². The minimum Gasteiger partial charge on any atom is -0.301 e. The molecule has 4 aromatic rings. The Labute approximate surface area is 195 Å². The van der Waals surface area contributed by atoms with Crippen LogP contribution in [0.15, 0.2) is 60.4 Å². The number of halogens is 4. The molecule has 0 aliphatic carbocycles. The summed E-state index contributed by atoms with van der Waals surface area (Å²) >= 11 is 1.43. The first kappa shape index (κ1) is 22.2. The van der Waals surface area contributed by atoms with E-state index >= 15 is 0 Å². The number of anilines is 1. The van der Waals surface area contributed by atoms with Crippen LogP contribution in [0.5, 0.6) is 0 Å². The van der Waals surface area contributed by atoms with Crippen molar-refractivity contribution in [2.75, 3.05) is 11.4 Å². The maximum atomic E-state index is 14.4. The lowest BCUT2D eigenvalue weighted by molar-refractivity contribution is -0.134. The molecule has 5 rings (SSSR count). The van der Waals surface area contributed by atoms with Crippen molar-refractivity contribution in [2.45, 2.75) is 25.1 Å². The molecule has 11 heteroatoms. The van der Waals surface area contributed by atoms with Gasteiger partial charge in [0.2, 0.25) is 0 Å². The number of amides is 1. The number of fused-ring (bicyclic) bond motifs is 1. The Morgan fingerprint density at radius 1 is 1.15 bits per heavy atom. The monoisotopic (exact) mass is 487 g/mol. The van der Waals surface area contributed by atoms with E-state index in [1.54, 1.807) is 18.6 Å². The van der Waals surface area contributed by atoms with E-state index in [1.165, 1.54) is 34.2 Å². The first-order valence-electron chi connectivity index (χ1n) is 10.4. The maximum Gasteiger partial charge on any atom is 0.406 e. The number of pyridine rings is 1. The van der Waals surface area contributed by atoms with Gasteiger partial charge in [-0.2, -0.15) is 13.2 Å². The summed E-state index contributed by atoms with van der Waals surface area (Å²) in [7, 11) is 0. The van der Waals surface area contributed by atoms with Crippen molar-refractivity contribution in [3.63, 3.8) is 0 Å². The number of thiophene rings is 1. The summed E-state index contributed by atoms with van der Waals surface area (Å²) in [5.41, 5.74) is 2.38. The van der Waals surface area contributed by atoms with Crippen LogP contribution in [-0.4, -0.2) is 38.6 Å². The molecule has 1 amide bonds. The van der Waals surface area contributed by atoms with Crippen LogP contribution in [0.4, 0.5) is 23.2 Å². The van der Waals surface area contributed by atoms with E-state index in [4.69, 9.17) is 0 Å². The molecule has 6 nitrogen and oxygen atoms in total. The topological polar surface area (TPSA) is 63.9 Å². The second-order valence-corrected chi connectivity index (χ2v) is 8.77.